The summed E-state index contributed by atoms with van der Waals surface area (Å²) in [7, 11) is 0. The Kier molecular flexibility index (Phi) is 3.54. The van der Waals surface area contributed by atoms with Gasteiger partial charge in [-0.25, -0.2) is 0 Å². The molecule has 0 radical (unpaired) electrons. The Balaban J connectivity index is 2.17. The number of hydrogen-bond donors (Lipinski definition) is 1. The predicted octanol–water partition coefficient (Wildman–Crippen LogP) is 2.39. The third kappa shape index (κ3) is 2.91. The maximum atomic E-state index is 5.42. The predicted molar refractivity (Wildman–Crippen MR) is 66.2 cm³/mol. The molecule has 1 aromatic heterocycles. The third-order valence-electron chi connectivity index (χ3n) is 2.50. The van der Waals surface area contributed by atoms with E-state index in [1.54, 1.807) is 0 Å². The van der Waals surface area contributed by atoms with Crippen molar-refractivity contribution in [3.63, 3.8) is 0 Å². The van der Waals surface area contributed by atoms with Crippen LogP contribution in [0.25, 0.3) is 11.4 Å². The average molecular weight is 231 g/mol. The number of rotatable bonds is 4. The zero-order chi connectivity index (χ0) is 12.3. The van der Waals surface area contributed by atoms with E-state index in [2.05, 4.69) is 36.1 Å². The largest absolute Gasteiger partial charge is 0.338 e. The van der Waals surface area contributed by atoms with Crippen LogP contribution in [0.4, 0.5) is 0 Å². The summed E-state index contributed by atoms with van der Waals surface area (Å²) in [5.74, 6) is 1.72. The Labute approximate surface area is 101 Å². The van der Waals surface area contributed by atoms with E-state index in [9.17, 15) is 0 Å². The van der Waals surface area contributed by atoms with Gasteiger partial charge in [0.05, 0.1) is 6.54 Å². The van der Waals surface area contributed by atoms with Crippen LogP contribution >= 0.6 is 0 Å². The zero-order valence-corrected chi connectivity index (χ0v) is 10.2. The molecule has 4 nitrogen and oxygen atoms in total. The summed E-state index contributed by atoms with van der Waals surface area (Å²) in [5.41, 5.74) is 7.71. The molecule has 4 heteroatoms. The Morgan fingerprint density at radius 1 is 1.24 bits per heavy atom. The van der Waals surface area contributed by atoms with Crippen LogP contribution in [0.5, 0.6) is 0 Å². The van der Waals surface area contributed by atoms with Crippen molar-refractivity contribution in [1.29, 1.82) is 0 Å². The Morgan fingerprint density at radius 3 is 2.47 bits per heavy atom. The van der Waals surface area contributed by atoms with Crippen molar-refractivity contribution in [1.82, 2.24) is 10.1 Å². The number of nitrogens with zero attached hydrogens (tertiary/aromatic N) is 2. The lowest BCUT2D eigenvalue weighted by Crippen LogP contribution is -1.96. The number of benzene rings is 1. The van der Waals surface area contributed by atoms with Crippen molar-refractivity contribution in [2.45, 2.75) is 26.8 Å². The van der Waals surface area contributed by atoms with Crippen molar-refractivity contribution in [3.05, 3.63) is 35.7 Å². The van der Waals surface area contributed by atoms with Gasteiger partial charge in [0.15, 0.2) is 0 Å². The van der Waals surface area contributed by atoms with Crippen LogP contribution in [-0.4, -0.2) is 10.1 Å². The minimum Gasteiger partial charge on any atom is -0.338 e. The SMILES string of the molecule is CC(C)Cc1ccc(-c2noc(CN)n2)cc1. The standard InChI is InChI=1S/C13H17N3O/c1-9(2)7-10-3-5-11(6-4-10)13-15-12(8-14)17-16-13/h3-6,9H,7-8,14H2,1-2H3. The summed E-state index contributed by atoms with van der Waals surface area (Å²) in [4.78, 5) is 4.19. The molecule has 0 bridgehead atoms. The summed E-state index contributed by atoms with van der Waals surface area (Å²) in [6.07, 6.45) is 1.08. The number of aromatic nitrogens is 2. The summed E-state index contributed by atoms with van der Waals surface area (Å²) in [6.45, 7) is 4.69. The molecule has 2 N–H and O–H groups in total. The van der Waals surface area contributed by atoms with Crippen LogP contribution in [0.1, 0.15) is 25.3 Å². The first-order valence-electron chi connectivity index (χ1n) is 5.81. The summed E-state index contributed by atoms with van der Waals surface area (Å²) < 4.78 is 4.98. The molecular formula is C13H17N3O. The first-order chi connectivity index (χ1) is 8.19. The minimum atomic E-state index is 0.276. The second-order valence-electron chi connectivity index (χ2n) is 4.51. The quantitative estimate of drug-likeness (QED) is 0.877. The zero-order valence-electron chi connectivity index (χ0n) is 10.2. The van der Waals surface area contributed by atoms with E-state index >= 15 is 0 Å². The van der Waals surface area contributed by atoms with E-state index in [4.69, 9.17) is 10.3 Å². The highest BCUT2D eigenvalue weighted by molar-refractivity contribution is 5.54. The normalized spacial score (nSPS) is 11.1. The maximum absolute atomic E-state index is 5.42. The second kappa shape index (κ2) is 5.10. The highest BCUT2D eigenvalue weighted by Crippen LogP contribution is 2.17. The fourth-order valence-corrected chi connectivity index (χ4v) is 1.72. The molecule has 2 rings (SSSR count). The Morgan fingerprint density at radius 2 is 1.94 bits per heavy atom. The molecule has 0 unspecified atom stereocenters. The molecule has 90 valence electrons. The van der Waals surface area contributed by atoms with Gasteiger partial charge in [-0.3, -0.25) is 0 Å². The second-order valence-corrected chi connectivity index (χ2v) is 4.51. The molecule has 0 saturated carbocycles. The molecule has 0 atom stereocenters. The van der Waals surface area contributed by atoms with Gasteiger partial charge in [0.1, 0.15) is 0 Å². The highest BCUT2D eigenvalue weighted by Gasteiger charge is 2.07. The average Bonchev–Trinajstić information content (AvgIpc) is 2.78. The van der Waals surface area contributed by atoms with Gasteiger partial charge >= 0.3 is 0 Å². The van der Waals surface area contributed by atoms with E-state index in [-0.39, 0.29) is 6.54 Å². The maximum Gasteiger partial charge on any atom is 0.240 e. The summed E-state index contributed by atoms with van der Waals surface area (Å²) in [5, 5.41) is 3.88. The number of hydrogen-bond acceptors (Lipinski definition) is 4. The van der Waals surface area contributed by atoms with Gasteiger partial charge in [-0.15, -0.1) is 0 Å². The van der Waals surface area contributed by atoms with Crippen molar-refractivity contribution < 1.29 is 4.52 Å². The summed E-state index contributed by atoms with van der Waals surface area (Å²) >= 11 is 0. The topological polar surface area (TPSA) is 64.9 Å². The van der Waals surface area contributed by atoms with Gasteiger partial charge in [-0.1, -0.05) is 43.3 Å². The van der Waals surface area contributed by atoms with E-state index < -0.39 is 0 Å². The van der Waals surface area contributed by atoms with E-state index in [0.717, 1.165) is 12.0 Å². The lowest BCUT2D eigenvalue weighted by atomic mass is 10.0. The van der Waals surface area contributed by atoms with Crippen molar-refractivity contribution in [2.24, 2.45) is 11.7 Å². The molecule has 17 heavy (non-hydrogen) atoms. The van der Waals surface area contributed by atoms with Crippen LogP contribution in [0.3, 0.4) is 0 Å². The molecular weight excluding hydrogens is 214 g/mol. The molecule has 0 amide bonds. The van der Waals surface area contributed by atoms with Crippen LogP contribution < -0.4 is 5.73 Å². The molecule has 0 fully saturated rings. The molecule has 0 aliphatic rings. The fraction of sp³-hybridized carbons (Fsp3) is 0.385. The Hall–Kier alpha value is -1.68. The Bertz CT molecular complexity index is 474. The molecule has 0 saturated heterocycles. The van der Waals surface area contributed by atoms with Gasteiger partial charge in [-0.05, 0) is 17.9 Å². The fourth-order valence-electron chi connectivity index (χ4n) is 1.72. The smallest absolute Gasteiger partial charge is 0.240 e. The lowest BCUT2D eigenvalue weighted by molar-refractivity contribution is 0.380. The molecule has 1 aromatic carbocycles. The van der Waals surface area contributed by atoms with Crippen molar-refractivity contribution in [3.8, 4) is 11.4 Å². The third-order valence-corrected chi connectivity index (χ3v) is 2.50. The first-order valence-corrected chi connectivity index (χ1v) is 5.81. The van der Waals surface area contributed by atoms with Gasteiger partial charge < -0.3 is 10.3 Å². The van der Waals surface area contributed by atoms with Crippen LogP contribution in [0.2, 0.25) is 0 Å². The van der Waals surface area contributed by atoms with Crippen molar-refractivity contribution >= 4 is 0 Å². The summed E-state index contributed by atoms with van der Waals surface area (Å²) in [6, 6.07) is 8.24. The number of nitrogens with two attached hydrogens (primary N) is 1. The molecule has 2 aromatic rings. The monoisotopic (exact) mass is 231 g/mol. The molecule has 0 spiro atoms. The lowest BCUT2D eigenvalue weighted by Gasteiger charge is -2.04. The minimum absolute atomic E-state index is 0.276. The first kappa shape index (κ1) is 11.8. The van der Waals surface area contributed by atoms with E-state index in [0.29, 0.717) is 17.6 Å². The molecule has 1 heterocycles. The molecule has 0 aliphatic heterocycles. The molecule has 0 aliphatic carbocycles. The van der Waals surface area contributed by atoms with Crippen molar-refractivity contribution in [2.75, 3.05) is 0 Å². The van der Waals surface area contributed by atoms with Crippen LogP contribution in [0, 0.1) is 5.92 Å². The van der Waals surface area contributed by atoms with Gasteiger partial charge in [-0.2, -0.15) is 4.98 Å². The van der Waals surface area contributed by atoms with Crippen LogP contribution in [-0.2, 0) is 13.0 Å². The van der Waals surface area contributed by atoms with E-state index in [1.165, 1.54) is 5.56 Å². The van der Waals surface area contributed by atoms with E-state index in [1.807, 2.05) is 12.1 Å². The van der Waals surface area contributed by atoms with Crippen LogP contribution in [0.15, 0.2) is 28.8 Å². The van der Waals surface area contributed by atoms with Gasteiger partial charge in [0.25, 0.3) is 0 Å². The van der Waals surface area contributed by atoms with Gasteiger partial charge in [0.2, 0.25) is 11.7 Å². The highest BCUT2D eigenvalue weighted by atomic mass is 16.5. The van der Waals surface area contributed by atoms with Gasteiger partial charge in [0, 0.05) is 5.56 Å².